The molecule has 0 aliphatic carbocycles. The number of rotatable bonds is 11. The van der Waals surface area contributed by atoms with Crippen LogP contribution in [0.3, 0.4) is 0 Å². The normalized spacial score (nSPS) is 38.4. The minimum Gasteiger partial charge on any atom is -0.394 e. The summed E-state index contributed by atoms with van der Waals surface area (Å²) in [4.78, 5) is 28.6. The molecule has 43 heavy (non-hydrogen) atoms. The third kappa shape index (κ3) is 6.55. The Morgan fingerprint density at radius 3 is 2.56 bits per heavy atom. The first-order valence-electron chi connectivity index (χ1n) is 12.2. The van der Waals surface area contributed by atoms with E-state index in [0.717, 1.165) is 12.4 Å². The fraction of sp³-hybridized carbons (Fsp3) is 0.650. The minimum absolute atomic E-state index is 0.0127. The van der Waals surface area contributed by atoms with Crippen LogP contribution in [0, 0.1) is 0 Å². The van der Waals surface area contributed by atoms with Crippen molar-refractivity contribution in [3.05, 3.63) is 30.9 Å². The van der Waals surface area contributed by atoms with Crippen molar-refractivity contribution in [2.24, 2.45) is 0 Å². The molecule has 242 valence electrons. The minimum atomic E-state index is -5.50. The molecule has 11 N–H and O–H groups in total. The van der Waals surface area contributed by atoms with Crippen molar-refractivity contribution in [1.82, 2.24) is 19.6 Å². The maximum Gasteiger partial charge on any atom is 0.481 e. The second-order valence-electron chi connectivity index (χ2n) is 9.96. The molecule has 0 bridgehead atoms. The topological polar surface area (TPSA) is 314 Å². The summed E-state index contributed by atoms with van der Waals surface area (Å²) in [5.74, 6) is 0.0127. The average Bonchev–Trinajstić information content (AvgIpc) is 3.46. The SMILES string of the molecule is C=C[C@]1(O)[C@H](c2cnc3c(N)ncnn23)O[C@](C)(COP(O)(=S)OP(=O)(O)OC2OC([C@@H](O)CO)C(O)C(O)C2O)[C@H]1O. The van der Waals surface area contributed by atoms with E-state index in [2.05, 4.69) is 30.5 Å². The first-order chi connectivity index (χ1) is 19.9. The summed E-state index contributed by atoms with van der Waals surface area (Å²) in [5, 5.41) is 75.4. The molecule has 2 aliphatic rings. The highest BCUT2D eigenvalue weighted by molar-refractivity contribution is 8.08. The van der Waals surface area contributed by atoms with E-state index in [-0.39, 0.29) is 17.2 Å². The molecule has 0 radical (unpaired) electrons. The first-order valence-corrected chi connectivity index (χ1v) is 16.3. The van der Waals surface area contributed by atoms with Gasteiger partial charge in [0, 0.05) is 0 Å². The zero-order chi connectivity index (χ0) is 32.1. The molecule has 0 aromatic carbocycles. The maximum atomic E-state index is 12.6. The molecule has 7 unspecified atom stereocenters. The molecule has 0 spiro atoms. The van der Waals surface area contributed by atoms with Gasteiger partial charge in [-0.1, -0.05) is 6.08 Å². The number of phosphoric ester groups is 1. The highest BCUT2D eigenvalue weighted by atomic mass is 32.5. The number of nitrogen functional groups attached to an aromatic ring is 1. The summed E-state index contributed by atoms with van der Waals surface area (Å²) < 4.78 is 39.2. The lowest BCUT2D eigenvalue weighted by molar-refractivity contribution is -0.292. The lowest BCUT2D eigenvalue weighted by Crippen LogP contribution is -2.61. The van der Waals surface area contributed by atoms with Crippen LogP contribution in [0.4, 0.5) is 5.82 Å². The number of nitrogens with zero attached hydrogens (tertiary/aromatic N) is 4. The van der Waals surface area contributed by atoms with Crippen LogP contribution < -0.4 is 5.73 Å². The number of aromatic nitrogens is 4. The smallest absolute Gasteiger partial charge is 0.394 e. The number of aliphatic hydroxyl groups is 7. The van der Waals surface area contributed by atoms with Gasteiger partial charge in [-0.3, -0.25) is 4.52 Å². The number of aliphatic hydroxyl groups excluding tert-OH is 6. The summed E-state index contributed by atoms with van der Waals surface area (Å²) in [6, 6.07) is 0. The molecule has 0 saturated carbocycles. The Kier molecular flexibility index (Phi) is 9.81. The van der Waals surface area contributed by atoms with Crippen molar-refractivity contribution in [2.75, 3.05) is 18.9 Å². The number of hydrogen-bond acceptors (Lipinski definition) is 18. The van der Waals surface area contributed by atoms with E-state index in [1.54, 1.807) is 0 Å². The fourth-order valence-electron chi connectivity index (χ4n) is 4.62. The Morgan fingerprint density at radius 2 is 1.93 bits per heavy atom. The molecule has 0 amide bonds. The highest BCUT2D eigenvalue weighted by Crippen LogP contribution is 2.62. The fourth-order valence-corrected chi connectivity index (χ4v) is 7.78. The lowest BCUT2D eigenvalue weighted by atomic mass is 9.84. The molecular formula is C20H31N5O15P2S. The molecule has 20 nitrogen and oxygen atoms in total. The summed E-state index contributed by atoms with van der Waals surface area (Å²) in [7, 11) is -5.50. The van der Waals surface area contributed by atoms with Crippen LogP contribution in [0.5, 0.6) is 0 Å². The van der Waals surface area contributed by atoms with Gasteiger partial charge < -0.3 is 65.3 Å². The number of fused-ring (bicyclic) bond motifs is 1. The summed E-state index contributed by atoms with van der Waals surface area (Å²) >= 11 is 4.79. The van der Waals surface area contributed by atoms with E-state index in [9.17, 15) is 45.0 Å². The Bertz CT molecular complexity index is 1440. The van der Waals surface area contributed by atoms with Crippen LogP contribution in [0.15, 0.2) is 25.2 Å². The van der Waals surface area contributed by atoms with Gasteiger partial charge in [0.25, 0.3) is 0 Å². The van der Waals surface area contributed by atoms with Crippen LogP contribution in [0.1, 0.15) is 18.7 Å². The van der Waals surface area contributed by atoms with Crippen LogP contribution in [-0.4, -0.2) is 132 Å². The van der Waals surface area contributed by atoms with Gasteiger partial charge in [-0.05, 0) is 18.7 Å². The first kappa shape index (κ1) is 34.3. The van der Waals surface area contributed by atoms with Crippen LogP contribution >= 0.6 is 14.5 Å². The third-order valence-electron chi connectivity index (χ3n) is 6.91. The molecular weight excluding hydrogens is 644 g/mol. The van der Waals surface area contributed by atoms with Gasteiger partial charge in [0.05, 0.1) is 25.1 Å². The third-order valence-corrected chi connectivity index (χ3v) is 10.4. The number of nitrogens with two attached hydrogens (primary N) is 1. The van der Waals surface area contributed by atoms with Crippen molar-refractivity contribution in [1.29, 1.82) is 0 Å². The number of ether oxygens (including phenoxy) is 2. The van der Waals surface area contributed by atoms with Crippen molar-refractivity contribution in [3.63, 3.8) is 0 Å². The Hall–Kier alpha value is -1.59. The van der Waals surface area contributed by atoms with E-state index in [1.165, 1.54) is 17.6 Å². The zero-order valence-electron chi connectivity index (χ0n) is 22.1. The van der Waals surface area contributed by atoms with Crippen molar-refractivity contribution < 1.29 is 72.9 Å². The zero-order valence-corrected chi connectivity index (χ0v) is 24.7. The van der Waals surface area contributed by atoms with Gasteiger partial charge in [-0.15, -0.1) is 6.58 Å². The van der Waals surface area contributed by atoms with E-state index < -0.39 is 88.0 Å². The molecule has 2 saturated heterocycles. The van der Waals surface area contributed by atoms with Gasteiger partial charge in [-0.2, -0.15) is 5.10 Å². The van der Waals surface area contributed by atoms with Gasteiger partial charge >= 0.3 is 14.5 Å². The van der Waals surface area contributed by atoms with Crippen molar-refractivity contribution in [2.45, 2.75) is 67.1 Å². The van der Waals surface area contributed by atoms with Crippen LogP contribution in [-0.2, 0) is 39.2 Å². The molecule has 23 heteroatoms. The maximum absolute atomic E-state index is 12.6. The molecule has 12 atom stereocenters. The molecule has 2 aromatic heterocycles. The predicted octanol–water partition coefficient (Wildman–Crippen LogP) is -3.66. The van der Waals surface area contributed by atoms with E-state index in [4.69, 9.17) is 36.6 Å². The number of hydrogen-bond donors (Lipinski definition) is 10. The molecule has 2 aliphatic heterocycles. The number of phosphoric acid groups is 1. The van der Waals surface area contributed by atoms with Gasteiger partial charge in [0.2, 0.25) is 0 Å². The quantitative estimate of drug-likeness (QED) is 0.0810. The monoisotopic (exact) mass is 675 g/mol. The van der Waals surface area contributed by atoms with E-state index >= 15 is 0 Å². The van der Waals surface area contributed by atoms with E-state index in [0.29, 0.717) is 0 Å². The lowest BCUT2D eigenvalue weighted by Gasteiger charge is -2.41. The molecule has 4 heterocycles. The molecule has 4 rings (SSSR count). The summed E-state index contributed by atoms with van der Waals surface area (Å²) in [6.45, 7) is -1.75. The van der Waals surface area contributed by atoms with E-state index in [1.807, 2.05) is 0 Å². The standard InChI is InChI=1S/C20H31N5O15P2S/c1-3-20(32)14(8-4-22-16-15(21)23-7-24-25(8)16)38-19(2,18(20)31)6-36-42(35,43)40-41(33,34)39-17-12(30)10(28)11(29)13(37-17)9(27)5-26/h3-4,7,9-14,17-18,26-32H,1,5-6H2,2H3,(H,33,34)(H,35,43)(H2,21,23,24)/t9-,10?,11?,12?,13?,14-,17?,18+,19+,20-,42?/m0/s1. The Labute approximate surface area is 247 Å². The Morgan fingerprint density at radius 1 is 1.26 bits per heavy atom. The highest BCUT2D eigenvalue weighted by Gasteiger charge is 2.61. The largest absolute Gasteiger partial charge is 0.481 e. The van der Waals surface area contributed by atoms with Gasteiger partial charge in [-0.25, -0.2) is 23.4 Å². The van der Waals surface area contributed by atoms with Crippen LogP contribution in [0.25, 0.3) is 5.65 Å². The predicted molar refractivity (Wildman–Crippen MR) is 143 cm³/mol. The molecule has 2 fully saturated rings. The summed E-state index contributed by atoms with van der Waals surface area (Å²) in [5.41, 5.74) is 1.96. The molecule has 2 aromatic rings. The number of imidazole rings is 1. The second-order valence-corrected chi connectivity index (χ2v) is 14.3. The summed E-state index contributed by atoms with van der Waals surface area (Å²) in [6.07, 6.45) is -11.8. The van der Waals surface area contributed by atoms with Gasteiger partial charge in [0.1, 0.15) is 60.3 Å². The van der Waals surface area contributed by atoms with Crippen molar-refractivity contribution in [3.8, 4) is 0 Å². The van der Waals surface area contributed by atoms with Crippen LogP contribution in [0.2, 0.25) is 0 Å². The second kappa shape index (κ2) is 12.3. The number of anilines is 1. The Balaban J connectivity index is 1.48. The average molecular weight is 676 g/mol. The van der Waals surface area contributed by atoms with Gasteiger partial charge in [0.15, 0.2) is 17.8 Å². The van der Waals surface area contributed by atoms with Crippen molar-refractivity contribution >= 4 is 37.8 Å².